The number of amides is 1. The van der Waals surface area contributed by atoms with Gasteiger partial charge in [0.05, 0.1) is 11.4 Å². The molecular formula is C17H19FN4O3. The summed E-state index contributed by atoms with van der Waals surface area (Å²) in [6.45, 7) is 3.87. The first kappa shape index (κ1) is 16.9. The van der Waals surface area contributed by atoms with Crippen molar-refractivity contribution in [1.29, 1.82) is 0 Å². The molecule has 0 unspecified atom stereocenters. The van der Waals surface area contributed by atoms with Crippen LogP contribution in [0.25, 0.3) is 0 Å². The van der Waals surface area contributed by atoms with E-state index in [4.69, 9.17) is 5.11 Å². The molecule has 0 aliphatic carbocycles. The molecule has 1 fully saturated rings. The number of piperidine rings is 1. The van der Waals surface area contributed by atoms with E-state index in [-0.39, 0.29) is 11.4 Å². The molecule has 1 amide bonds. The molecule has 7 nitrogen and oxygen atoms in total. The normalized spacial score (nSPS) is 15.2. The number of carbonyl (C=O) groups is 2. The first-order valence-electron chi connectivity index (χ1n) is 8.08. The third kappa shape index (κ3) is 3.78. The molecule has 8 heteroatoms. The minimum Gasteiger partial charge on any atom is -0.477 e. The largest absolute Gasteiger partial charge is 0.477 e. The Kier molecular flexibility index (Phi) is 4.69. The van der Waals surface area contributed by atoms with E-state index in [1.54, 1.807) is 6.07 Å². The molecule has 1 saturated heterocycles. The van der Waals surface area contributed by atoms with Crippen LogP contribution in [0, 0.1) is 11.7 Å². The summed E-state index contributed by atoms with van der Waals surface area (Å²) in [6, 6.07) is 5.41. The molecule has 1 aromatic carbocycles. The highest BCUT2D eigenvalue weighted by atomic mass is 19.1. The Hall–Kier alpha value is -2.90. The van der Waals surface area contributed by atoms with Crippen LogP contribution in [-0.4, -0.2) is 40.3 Å². The van der Waals surface area contributed by atoms with Crippen molar-refractivity contribution in [2.45, 2.75) is 19.8 Å². The second kappa shape index (κ2) is 6.92. The fraction of sp³-hybridized carbons (Fsp3) is 0.353. The van der Waals surface area contributed by atoms with Gasteiger partial charge in [0.25, 0.3) is 5.91 Å². The van der Waals surface area contributed by atoms with Gasteiger partial charge >= 0.3 is 5.97 Å². The van der Waals surface area contributed by atoms with E-state index in [1.807, 2.05) is 0 Å². The predicted molar refractivity (Wildman–Crippen MR) is 90.5 cm³/mol. The Morgan fingerprint density at radius 3 is 2.68 bits per heavy atom. The number of anilines is 2. The molecule has 0 saturated carbocycles. The maximum Gasteiger partial charge on any atom is 0.353 e. The Labute approximate surface area is 143 Å². The second-order valence-corrected chi connectivity index (χ2v) is 6.26. The summed E-state index contributed by atoms with van der Waals surface area (Å²) >= 11 is 0. The van der Waals surface area contributed by atoms with Gasteiger partial charge in [-0.15, -0.1) is 0 Å². The van der Waals surface area contributed by atoms with Gasteiger partial charge in [-0.3, -0.25) is 9.89 Å². The van der Waals surface area contributed by atoms with Crippen molar-refractivity contribution in [1.82, 2.24) is 10.2 Å². The predicted octanol–water partition coefficient (Wildman–Crippen LogP) is 2.74. The first-order valence-corrected chi connectivity index (χ1v) is 8.08. The molecule has 25 heavy (non-hydrogen) atoms. The molecule has 1 aliphatic heterocycles. The number of aromatic amines is 1. The summed E-state index contributed by atoms with van der Waals surface area (Å²) in [4.78, 5) is 25.3. The highest BCUT2D eigenvalue weighted by Gasteiger charge is 2.21. The summed E-state index contributed by atoms with van der Waals surface area (Å²) in [5.41, 5.74) is 0.838. The van der Waals surface area contributed by atoms with Crippen LogP contribution in [0.15, 0.2) is 24.3 Å². The lowest BCUT2D eigenvalue weighted by Crippen LogP contribution is -2.33. The molecule has 3 rings (SSSR count). The Morgan fingerprint density at radius 2 is 2.04 bits per heavy atom. The second-order valence-electron chi connectivity index (χ2n) is 6.26. The number of nitrogens with one attached hydrogen (secondary N) is 2. The standard InChI is InChI=1S/C17H19FN4O3/c1-10-4-6-22(7-5-10)15-3-2-11(18)8-12(15)19-16(23)13-9-14(17(24)25)21-20-13/h2-3,8-10H,4-7H2,1H3,(H,19,23)(H,20,21)(H,24,25). The Morgan fingerprint density at radius 1 is 1.32 bits per heavy atom. The molecule has 2 heterocycles. The number of hydrogen-bond acceptors (Lipinski definition) is 4. The maximum atomic E-state index is 13.7. The number of nitrogens with zero attached hydrogens (tertiary/aromatic N) is 2. The van der Waals surface area contributed by atoms with Crippen LogP contribution in [0.3, 0.4) is 0 Å². The van der Waals surface area contributed by atoms with E-state index in [0.29, 0.717) is 11.6 Å². The summed E-state index contributed by atoms with van der Waals surface area (Å²) in [7, 11) is 0. The number of rotatable bonds is 4. The topological polar surface area (TPSA) is 98.3 Å². The van der Waals surface area contributed by atoms with Crippen LogP contribution in [-0.2, 0) is 0 Å². The van der Waals surface area contributed by atoms with Crippen LogP contribution in [0.1, 0.15) is 40.7 Å². The van der Waals surface area contributed by atoms with Crippen LogP contribution < -0.4 is 10.2 Å². The van der Waals surface area contributed by atoms with E-state index < -0.39 is 17.7 Å². The van der Waals surface area contributed by atoms with E-state index in [2.05, 4.69) is 27.3 Å². The third-order valence-corrected chi connectivity index (χ3v) is 4.37. The zero-order valence-corrected chi connectivity index (χ0v) is 13.8. The third-order valence-electron chi connectivity index (χ3n) is 4.37. The molecule has 0 radical (unpaired) electrons. The first-order chi connectivity index (χ1) is 11.9. The Bertz CT molecular complexity index is 797. The lowest BCUT2D eigenvalue weighted by atomic mass is 9.98. The lowest BCUT2D eigenvalue weighted by Gasteiger charge is -2.33. The SMILES string of the molecule is CC1CCN(c2ccc(F)cc2NC(=O)c2cc(C(=O)O)[nH]n2)CC1. The molecule has 0 atom stereocenters. The smallest absolute Gasteiger partial charge is 0.353 e. The fourth-order valence-electron chi connectivity index (χ4n) is 2.87. The van der Waals surface area contributed by atoms with Crippen LogP contribution >= 0.6 is 0 Å². The van der Waals surface area contributed by atoms with Crippen molar-refractivity contribution in [3.8, 4) is 0 Å². The average Bonchev–Trinajstić information content (AvgIpc) is 3.06. The zero-order valence-electron chi connectivity index (χ0n) is 13.8. The number of carboxylic acid groups (broad SMARTS) is 1. The minimum absolute atomic E-state index is 0.0696. The van der Waals surface area contributed by atoms with Crippen molar-refractivity contribution in [3.63, 3.8) is 0 Å². The van der Waals surface area contributed by atoms with Crippen LogP contribution in [0.5, 0.6) is 0 Å². The van der Waals surface area contributed by atoms with Crippen molar-refractivity contribution in [2.24, 2.45) is 5.92 Å². The van der Waals surface area contributed by atoms with E-state index in [9.17, 15) is 14.0 Å². The van der Waals surface area contributed by atoms with Crippen molar-refractivity contribution >= 4 is 23.3 Å². The summed E-state index contributed by atoms with van der Waals surface area (Å²) < 4.78 is 13.7. The van der Waals surface area contributed by atoms with Gasteiger partial charge in [-0.05, 0) is 37.0 Å². The van der Waals surface area contributed by atoms with Gasteiger partial charge in [0.15, 0.2) is 5.69 Å². The molecule has 3 N–H and O–H groups in total. The molecule has 132 valence electrons. The highest BCUT2D eigenvalue weighted by Crippen LogP contribution is 2.30. The molecule has 1 aliphatic rings. The fourth-order valence-corrected chi connectivity index (χ4v) is 2.87. The number of aromatic carboxylic acids is 1. The number of halogens is 1. The van der Waals surface area contributed by atoms with E-state index in [0.717, 1.165) is 37.7 Å². The Balaban J connectivity index is 1.82. The van der Waals surface area contributed by atoms with Gasteiger partial charge in [-0.2, -0.15) is 5.10 Å². The van der Waals surface area contributed by atoms with E-state index in [1.165, 1.54) is 12.1 Å². The van der Waals surface area contributed by atoms with Gasteiger partial charge in [-0.25, -0.2) is 9.18 Å². The number of carboxylic acids is 1. The molecule has 0 spiro atoms. The summed E-state index contributed by atoms with van der Waals surface area (Å²) in [6.07, 6.45) is 2.07. The molecule has 2 aromatic rings. The number of carbonyl (C=O) groups excluding carboxylic acids is 1. The summed E-state index contributed by atoms with van der Waals surface area (Å²) in [5, 5.41) is 17.5. The van der Waals surface area contributed by atoms with Gasteiger partial charge in [0.2, 0.25) is 0 Å². The zero-order chi connectivity index (χ0) is 18.0. The quantitative estimate of drug-likeness (QED) is 0.791. The van der Waals surface area contributed by atoms with Gasteiger partial charge < -0.3 is 15.3 Å². The van der Waals surface area contributed by atoms with Crippen LogP contribution in [0.2, 0.25) is 0 Å². The van der Waals surface area contributed by atoms with E-state index >= 15 is 0 Å². The maximum absolute atomic E-state index is 13.7. The molecule has 0 bridgehead atoms. The van der Waals surface area contributed by atoms with Crippen molar-refractivity contribution < 1.29 is 19.1 Å². The molecule has 1 aromatic heterocycles. The summed E-state index contributed by atoms with van der Waals surface area (Å²) in [5.74, 6) is -1.62. The van der Waals surface area contributed by atoms with Crippen molar-refractivity contribution in [2.75, 3.05) is 23.3 Å². The minimum atomic E-state index is -1.21. The average molecular weight is 346 g/mol. The molecular weight excluding hydrogens is 327 g/mol. The number of aromatic nitrogens is 2. The lowest BCUT2D eigenvalue weighted by molar-refractivity contribution is 0.0690. The number of H-pyrrole nitrogens is 1. The van der Waals surface area contributed by atoms with Crippen molar-refractivity contribution in [3.05, 3.63) is 41.5 Å². The monoisotopic (exact) mass is 346 g/mol. The van der Waals surface area contributed by atoms with Gasteiger partial charge in [0, 0.05) is 19.2 Å². The number of benzene rings is 1. The number of hydrogen-bond donors (Lipinski definition) is 3. The van der Waals surface area contributed by atoms with Gasteiger partial charge in [0.1, 0.15) is 11.5 Å². The van der Waals surface area contributed by atoms with Crippen LogP contribution in [0.4, 0.5) is 15.8 Å². The van der Waals surface area contributed by atoms with Gasteiger partial charge in [-0.1, -0.05) is 6.92 Å². The highest BCUT2D eigenvalue weighted by molar-refractivity contribution is 6.05.